The lowest BCUT2D eigenvalue weighted by Crippen LogP contribution is -2.04. The lowest BCUT2D eigenvalue weighted by atomic mass is 10.1. The minimum Gasteiger partial charge on any atom is -0.383 e. The molecular formula is C13H13BrN4O2. The average molecular weight is 337 g/mol. The van der Waals surface area contributed by atoms with Gasteiger partial charge in [0.15, 0.2) is 5.82 Å². The first kappa shape index (κ1) is 14.4. The Labute approximate surface area is 124 Å². The van der Waals surface area contributed by atoms with E-state index in [1.807, 2.05) is 13.8 Å². The molecule has 0 amide bonds. The molecule has 0 atom stereocenters. The van der Waals surface area contributed by atoms with E-state index in [2.05, 4.69) is 25.9 Å². The molecule has 0 bridgehead atoms. The van der Waals surface area contributed by atoms with Crippen molar-refractivity contribution in [2.24, 2.45) is 0 Å². The fourth-order valence-electron chi connectivity index (χ4n) is 1.73. The van der Waals surface area contributed by atoms with Gasteiger partial charge in [-0.15, -0.1) is 0 Å². The molecule has 0 saturated carbocycles. The summed E-state index contributed by atoms with van der Waals surface area (Å²) >= 11 is 3.38. The highest BCUT2D eigenvalue weighted by Gasteiger charge is 2.14. The number of anilines is 1. The van der Waals surface area contributed by atoms with Crippen molar-refractivity contribution in [3.05, 3.63) is 44.5 Å². The standard InChI is InChI=1S/C13H13BrN4O2/c1-7(2)11-10(14)12(15)17-13(16-11)8-3-5-9(6-4-8)18(19)20/h3-7H,1-2H3,(H2,15,16,17). The Balaban J connectivity index is 2.50. The molecule has 0 aliphatic rings. The van der Waals surface area contributed by atoms with Crippen LogP contribution in [0.2, 0.25) is 0 Å². The molecule has 0 radical (unpaired) electrons. The van der Waals surface area contributed by atoms with Crippen LogP contribution in [0.25, 0.3) is 11.4 Å². The molecule has 6 nitrogen and oxygen atoms in total. The number of nitrogens with two attached hydrogens (primary N) is 1. The highest BCUT2D eigenvalue weighted by molar-refractivity contribution is 9.10. The molecule has 20 heavy (non-hydrogen) atoms. The normalized spacial score (nSPS) is 10.8. The van der Waals surface area contributed by atoms with Gasteiger partial charge in [0, 0.05) is 17.7 Å². The van der Waals surface area contributed by atoms with Gasteiger partial charge in [-0.2, -0.15) is 0 Å². The van der Waals surface area contributed by atoms with E-state index in [0.29, 0.717) is 21.7 Å². The van der Waals surface area contributed by atoms with Crippen LogP contribution in [-0.2, 0) is 0 Å². The minimum absolute atomic E-state index is 0.0305. The van der Waals surface area contributed by atoms with Gasteiger partial charge in [0.25, 0.3) is 5.69 Å². The largest absolute Gasteiger partial charge is 0.383 e. The summed E-state index contributed by atoms with van der Waals surface area (Å²) in [5.74, 6) is 1.01. The number of benzene rings is 1. The quantitative estimate of drug-likeness (QED) is 0.683. The number of nitro benzene ring substituents is 1. The third-order valence-corrected chi connectivity index (χ3v) is 3.60. The zero-order valence-electron chi connectivity index (χ0n) is 11.0. The SMILES string of the molecule is CC(C)c1nc(-c2ccc([N+](=O)[O-])cc2)nc(N)c1Br. The number of aromatic nitrogens is 2. The highest BCUT2D eigenvalue weighted by atomic mass is 79.9. The molecule has 1 aromatic carbocycles. The number of rotatable bonds is 3. The molecular weight excluding hydrogens is 324 g/mol. The van der Waals surface area contributed by atoms with Crippen LogP contribution in [0.4, 0.5) is 11.5 Å². The fourth-order valence-corrected chi connectivity index (χ4v) is 2.36. The molecule has 0 saturated heterocycles. The Morgan fingerprint density at radius 3 is 2.35 bits per heavy atom. The van der Waals surface area contributed by atoms with Crippen molar-refractivity contribution in [2.45, 2.75) is 19.8 Å². The van der Waals surface area contributed by atoms with Crippen LogP contribution >= 0.6 is 15.9 Å². The molecule has 0 spiro atoms. The number of hydrogen-bond acceptors (Lipinski definition) is 5. The maximum Gasteiger partial charge on any atom is 0.269 e. The molecule has 0 aliphatic heterocycles. The monoisotopic (exact) mass is 336 g/mol. The predicted molar refractivity (Wildman–Crippen MR) is 80.3 cm³/mol. The van der Waals surface area contributed by atoms with Crippen LogP contribution in [0.15, 0.2) is 28.7 Å². The Hall–Kier alpha value is -2.02. The van der Waals surface area contributed by atoms with Gasteiger partial charge in [-0.1, -0.05) is 13.8 Å². The molecule has 104 valence electrons. The predicted octanol–water partition coefficient (Wildman–Crippen LogP) is 3.52. The van der Waals surface area contributed by atoms with Crippen molar-refractivity contribution >= 4 is 27.4 Å². The molecule has 1 heterocycles. The summed E-state index contributed by atoms with van der Waals surface area (Å²) < 4.78 is 0.693. The molecule has 2 N–H and O–H groups in total. The van der Waals surface area contributed by atoms with Gasteiger partial charge in [0.1, 0.15) is 5.82 Å². The zero-order chi connectivity index (χ0) is 14.9. The molecule has 2 aromatic rings. The summed E-state index contributed by atoms with van der Waals surface area (Å²) in [7, 11) is 0. The van der Waals surface area contributed by atoms with Crippen molar-refractivity contribution < 1.29 is 4.92 Å². The molecule has 1 aromatic heterocycles. The second-order valence-corrected chi connectivity index (χ2v) is 5.38. The number of non-ortho nitro benzene ring substituents is 1. The maximum atomic E-state index is 10.6. The summed E-state index contributed by atoms with van der Waals surface area (Å²) in [5.41, 5.74) is 7.40. The number of nitrogen functional groups attached to an aromatic ring is 1. The van der Waals surface area contributed by atoms with Crippen molar-refractivity contribution in [1.82, 2.24) is 9.97 Å². The first-order valence-electron chi connectivity index (χ1n) is 5.98. The van der Waals surface area contributed by atoms with E-state index in [4.69, 9.17) is 5.73 Å². The first-order valence-corrected chi connectivity index (χ1v) is 6.77. The third kappa shape index (κ3) is 2.77. The van der Waals surface area contributed by atoms with E-state index in [1.54, 1.807) is 12.1 Å². The Kier molecular flexibility index (Phi) is 3.99. The van der Waals surface area contributed by atoms with Gasteiger partial charge in [0.2, 0.25) is 0 Å². The first-order chi connectivity index (χ1) is 9.40. The number of hydrogen-bond donors (Lipinski definition) is 1. The summed E-state index contributed by atoms with van der Waals surface area (Å²) in [4.78, 5) is 18.9. The Morgan fingerprint density at radius 1 is 1.25 bits per heavy atom. The Morgan fingerprint density at radius 2 is 1.85 bits per heavy atom. The second-order valence-electron chi connectivity index (χ2n) is 4.59. The van der Waals surface area contributed by atoms with Crippen molar-refractivity contribution in [3.8, 4) is 11.4 Å². The number of nitro groups is 1. The molecule has 2 rings (SSSR count). The average Bonchev–Trinajstić information content (AvgIpc) is 2.41. The molecule has 0 unspecified atom stereocenters. The van der Waals surface area contributed by atoms with Crippen LogP contribution in [-0.4, -0.2) is 14.9 Å². The zero-order valence-corrected chi connectivity index (χ0v) is 12.6. The molecule has 0 fully saturated rings. The van der Waals surface area contributed by atoms with E-state index in [9.17, 15) is 10.1 Å². The topological polar surface area (TPSA) is 94.9 Å². The van der Waals surface area contributed by atoms with Gasteiger partial charge in [-0.05, 0) is 34.0 Å². The van der Waals surface area contributed by atoms with Crippen molar-refractivity contribution in [1.29, 1.82) is 0 Å². The van der Waals surface area contributed by atoms with E-state index in [1.165, 1.54) is 12.1 Å². The second kappa shape index (κ2) is 5.54. The minimum atomic E-state index is -0.444. The summed E-state index contributed by atoms with van der Waals surface area (Å²) in [6.07, 6.45) is 0. The van der Waals surface area contributed by atoms with Gasteiger partial charge in [-0.25, -0.2) is 9.97 Å². The molecule has 7 heteroatoms. The molecule has 0 aliphatic carbocycles. The number of nitrogens with zero attached hydrogens (tertiary/aromatic N) is 3. The van der Waals surface area contributed by atoms with Gasteiger partial charge in [-0.3, -0.25) is 10.1 Å². The van der Waals surface area contributed by atoms with E-state index in [-0.39, 0.29) is 11.6 Å². The lowest BCUT2D eigenvalue weighted by molar-refractivity contribution is -0.384. The highest BCUT2D eigenvalue weighted by Crippen LogP contribution is 2.30. The van der Waals surface area contributed by atoms with Gasteiger partial charge in [0.05, 0.1) is 15.1 Å². The van der Waals surface area contributed by atoms with Crippen molar-refractivity contribution in [2.75, 3.05) is 5.73 Å². The van der Waals surface area contributed by atoms with Crippen LogP contribution in [0.5, 0.6) is 0 Å². The smallest absolute Gasteiger partial charge is 0.269 e. The van der Waals surface area contributed by atoms with Crippen LogP contribution in [0.3, 0.4) is 0 Å². The lowest BCUT2D eigenvalue weighted by Gasteiger charge is -2.11. The van der Waals surface area contributed by atoms with Crippen LogP contribution < -0.4 is 5.73 Å². The third-order valence-electron chi connectivity index (χ3n) is 2.79. The Bertz CT molecular complexity index is 656. The maximum absolute atomic E-state index is 10.6. The van der Waals surface area contributed by atoms with Crippen LogP contribution in [0.1, 0.15) is 25.5 Å². The number of halogens is 1. The van der Waals surface area contributed by atoms with E-state index in [0.717, 1.165) is 5.69 Å². The van der Waals surface area contributed by atoms with Gasteiger partial charge < -0.3 is 5.73 Å². The van der Waals surface area contributed by atoms with Gasteiger partial charge >= 0.3 is 0 Å². The summed E-state index contributed by atoms with van der Waals surface area (Å²) in [6, 6.07) is 6.08. The van der Waals surface area contributed by atoms with E-state index >= 15 is 0 Å². The van der Waals surface area contributed by atoms with E-state index < -0.39 is 4.92 Å². The summed E-state index contributed by atoms with van der Waals surface area (Å²) in [5, 5.41) is 10.6. The summed E-state index contributed by atoms with van der Waals surface area (Å²) in [6.45, 7) is 4.01. The van der Waals surface area contributed by atoms with Crippen LogP contribution in [0, 0.1) is 10.1 Å². The fraction of sp³-hybridized carbons (Fsp3) is 0.231. The van der Waals surface area contributed by atoms with Crippen molar-refractivity contribution in [3.63, 3.8) is 0 Å².